The van der Waals surface area contributed by atoms with Crippen LogP contribution in [0.4, 0.5) is 0 Å². The first-order valence-corrected chi connectivity index (χ1v) is 13.7. The predicted octanol–water partition coefficient (Wildman–Crippen LogP) is 7.06. The number of amides is 1. The van der Waals surface area contributed by atoms with Crippen molar-refractivity contribution in [2.45, 2.75) is 39.2 Å². The quantitative estimate of drug-likeness (QED) is 0.252. The summed E-state index contributed by atoms with van der Waals surface area (Å²) in [6, 6.07) is 30.9. The second-order valence-corrected chi connectivity index (χ2v) is 10.2. The topological polar surface area (TPSA) is 36.4 Å². The normalized spacial score (nSPS) is 14.6. The van der Waals surface area contributed by atoms with E-state index < -0.39 is 0 Å². The standard InChI is InChI=1S/C33H37N3O/c1-2-36(21-11-14-26-19-22-35(23-20-26)25-27-12-5-3-6-13-27)33(37)30-24-32(28-15-7-4-8-16-28)34-31-18-10-9-17-29(30)31/h3-10,12-13,15-18,24,26H,2,11,14,19-23,25H2,1H3. The van der Waals surface area contributed by atoms with Gasteiger partial charge in [0.15, 0.2) is 0 Å². The van der Waals surface area contributed by atoms with Gasteiger partial charge in [0, 0.05) is 30.6 Å². The predicted molar refractivity (Wildman–Crippen MR) is 152 cm³/mol. The number of fused-ring (bicyclic) bond motifs is 1. The zero-order chi connectivity index (χ0) is 25.5. The Hall–Kier alpha value is -3.50. The third kappa shape index (κ3) is 6.26. The van der Waals surface area contributed by atoms with Crippen molar-refractivity contribution >= 4 is 16.8 Å². The number of pyridine rings is 1. The van der Waals surface area contributed by atoms with Gasteiger partial charge in [0.1, 0.15) is 0 Å². The number of rotatable bonds is 9. The minimum absolute atomic E-state index is 0.107. The number of aromatic nitrogens is 1. The van der Waals surface area contributed by atoms with Gasteiger partial charge in [0.25, 0.3) is 5.91 Å². The summed E-state index contributed by atoms with van der Waals surface area (Å²) in [6.07, 6.45) is 4.75. The highest BCUT2D eigenvalue weighted by Gasteiger charge is 2.22. The van der Waals surface area contributed by atoms with Crippen molar-refractivity contribution in [2.75, 3.05) is 26.2 Å². The van der Waals surface area contributed by atoms with Gasteiger partial charge in [-0.3, -0.25) is 9.69 Å². The summed E-state index contributed by atoms with van der Waals surface area (Å²) in [5, 5.41) is 0.927. The van der Waals surface area contributed by atoms with Crippen LogP contribution in [0.5, 0.6) is 0 Å². The molecular weight excluding hydrogens is 454 g/mol. The van der Waals surface area contributed by atoms with E-state index in [1.54, 1.807) is 0 Å². The van der Waals surface area contributed by atoms with E-state index in [-0.39, 0.29) is 5.91 Å². The molecule has 1 aliphatic heterocycles. The van der Waals surface area contributed by atoms with Gasteiger partial charge in [0.05, 0.1) is 16.8 Å². The molecule has 3 aromatic carbocycles. The molecule has 1 fully saturated rings. The number of para-hydroxylation sites is 1. The minimum Gasteiger partial charge on any atom is -0.339 e. The van der Waals surface area contributed by atoms with E-state index in [9.17, 15) is 4.79 Å². The van der Waals surface area contributed by atoms with E-state index in [2.05, 4.69) is 42.2 Å². The van der Waals surface area contributed by atoms with Crippen LogP contribution in [0.3, 0.4) is 0 Å². The summed E-state index contributed by atoms with van der Waals surface area (Å²) < 4.78 is 0. The molecule has 4 nitrogen and oxygen atoms in total. The average molecular weight is 492 g/mol. The molecule has 1 aromatic heterocycles. The van der Waals surface area contributed by atoms with Gasteiger partial charge in [-0.2, -0.15) is 0 Å². The van der Waals surface area contributed by atoms with Gasteiger partial charge in [-0.15, -0.1) is 0 Å². The van der Waals surface area contributed by atoms with Gasteiger partial charge in [-0.1, -0.05) is 78.9 Å². The third-order valence-electron chi connectivity index (χ3n) is 7.68. The van der Waals surface area contributed by atoms with Crippen LogP contribution in [0.25, 0.3) is 22.2 Å². The van der Waals surface area contributed by atoms with Gasteiger partial charge >= 0.3 is 0 Å². The summed E-state index contributed by atoms with van der Waals surface area (Å²) in [6.45, 7) is 6.99. The number of carbonyl (C=O) groups excluding carboxylic acids is 1. The van der Waals surface area contributed by atoms with Crippen molar-refractivity contribution in [3.05, 3.63) is 102 Å². The fourth-order valence-corrected chi connectivity index (χ4v) is 5.53. The van der Waals surface area contributed by atoms with Crippen molar-refractivity contribution < 1.29 is 4.79 Å². The molecule has 4 aromatic rings. The fraction of sp³-hybridized carbons (Fsp3) is 0.333. The summed E-state index contributed by atoms with van der Waals surface area (Å²) >= 11 is 0. The molecule has 0 bridgehead atoms. The van der Waals surface area contributed by atoms with Crippen molar-refractivity contribution in [2.24, 2.45) is 5.92 Å². The van der Waals surface area contributed by atoms with E-state index in [0.717, 1.165) is 53.2 Å². The van der Waals surface area contributed by atoms with E-state index in [1.165, 1.54) is 37.9 Å². The first-order valence-electron chi connectivity index (χ1n) is 13.7. The third-order valence-corrected chi connectivity index (χ3v) is 7.68. The lowest BCUT2D eigenvalue weighted by molar-refractivity contribution is 0.0758. The van der Waals surface area contributed by atoms with Crippen LogP contribution in [-0.2, 0) is 6.54 Å². The van der Waals surface area contributed by atoms with Crippen molar-refractivity contribution in [3.63, 3.8) is 0 Å². The van der Waals surface area contributed by atoms with Gasteiger partial charge in [-0.25, -0.2) is 4.98 Å². The maximum absolute atomic E-state index is 13.8. The summed E-state index contributed by atoms with van der Waals surface area (Å²) in [5.74, 6) is 0.864. The van der Waals surface area contributed by atoms with Crippen LogP contribution in [0.2, 0.25) is 0 Å². The van der Waals surface area contributed by atoms with E-state index >= 15 is 0 Å². The zero-order valence-corrected chi connectivity index (χ0v) is 21.9. The lowest BCUT2D eigenvalue weighted by atomic mass is 9.92. The van der Waals surface area contributed by atoms with Crippen LogP contribution in [0.1, 0.15) is 48.5 Å². The van der Waals surface area contributed by atoms with E-state index in [0.29, 0.717) is 6.54 Å². The fourth-order valence-electron chi connectivity index (χ4n) is 5.53. The van der Waals surface area contributed by atoms with E-state index in [1.807, 2.05) is 65.6 Å². The Kier molecular flexibility index (Phi) is 8.27. The molecule has 4 heteroatoms. The number of likely N-dealkylation sites (tertiary alicyclic amines) is 1. The molecule has 0 atom stereocenters. The van der Waals surface area contributed by atoms with Crippen molar-refractivity contribution in [1.82, 2.24) is 14.8 Å². The Labute approximate surface area is 221 Å². The molecule has 0 N–H and O–H groups in total. The molecule has 190 valence electrons. The molecule has 1 aliphatic rings. The lowest BCUT2D eigenvalue weighted by Crippen LogP contribution is -2.34. The highest BCUT2D eigenvalue weighted by Crippen LogP contribution is 2.27. The molecule has 5 rings (SSSR count). The SMILES string of the molecule is CCN(CCCC1CCN(Cc2ccccc2)CC1)C(=O)c1cc(-c2ccccc2)nc2ccccc12. The molecule has 37 heavy (non-hydrogen) atoms. The van der Waals surface area contributed by atoms with Crippen LogP contribution in [-0.4, -0.2) is 46.9 Å². The Morgan fingerprint density at radius 2 is 1.59 bits per heavy atom. The molecule has 0 spiro atoms. The van der Waals surface area contributed by atoms with Crippen molar-refractivity contribution in [3.8, 4) is 11.3 Å². The Balaban J connectivity index is 1.20. The number of hydrogen-bond donors (Lipinski definition) is 0. The lowest BCUT2D eigenvalue weighted by Gasteiger charge is -2.32. The monoisotopic (exact) mass is 491 g/mol. The van der Waals surface area contributed by atoms with Crippen LogP contribution < -0.4 is 0 Å². The van der Waals surface area contributed by atoms with Crippen LogP contribution in [0.15, 0.2) is 91.0 Å². The average Bonchev–Trinajstić information content (AvgIpc) is 2.96. The Morgan fingerprint density at radius 3 is 2.32 bits per heavy atom. The number of nitrogens with zero attached hydrogens (tertiary/aromatic N) is 3. The molecular formula is C33H37N3O. The van der Waals surface area contributed by atoms with Crippen LogP contribution >= 0.6 is 0 Å². The molecule has 0 saturated carbocycles. The summed E-state index contributed by atoms with van der Waals surface area (Å²) in [4.78, 5) is 23.2. The molecule has 0 aliphatic carbocycles. The first-order chi connectivity index (χ1) is 18.2. The largest absolute Gasteiger partial charge is 0.339 e. The van der Waals surface area contributed by atoms with Gasteiger partial charge in [-0.05, 0) is 69.3 Å². The second kappa shape index (κ2) is 12.2. The maximum atomic E-state index is 13.8. The zero-order valence-electron chi connectivity index (χ0n) is 21.9. The number of carbonyl (C=O) groups is 1. The smallest absolute Gasteiger partial charge is 0.254 e. The molecule has 1 saturated heterocycles. The Morgan fingerprint density at radius 1 is 0.919 bits per heavy atom. The number of hydrogen-bond acceptors (Lipinski definition) is 3. The highest BCUT2D eigenvalue weighted by molar-refractivity contribution is 6.07. The first kappa shape index (κ1) is 25.2. The van der Waals surface area contributed by atoms with Crippen molar-refractivity contribution in [1.29, 1.82) is 0 Å². The minimum atomic E-state index is 0.107. The molecule has 0 radical (unpaired) electrons. The van der Waals surface area contributed by atoms with Gasteiger partial charge < -0.3 is 4.90 Å². The highest BCUT2D eigenvalue weighted by atomic mass is 16.2. The van der Waals surface area contributed by atoms with Crippen LogP contribution in [0, 0.1) is 5.92 Å². The molecule has 1 amide bonds. The number of piperidine rings is 1. The van der Waals surface area contributed by atoms with E-state index in [4.69, 9.17) is 4.98 Å². The maximum Gasteiger partial charge on any atom is 0.254 e. The Bertz CT molecular complexity index is 1300. The second-order valence-electron chi connectivity index (χ2n) is 10.2. The number of benzene rings is 3. The van der Waals surface area contributed by atoms with Gasteiger partial charge in [0.2, 0.25) is 0 Å². The summed E-state index contributed by atoms with van der Waals surface area (Å²) in [7, 11) is 0. The molecule has 0 unspecified atom stereocenters. The molecule has 2 heterocycles. The summed E-state index contributed by atoms with van der Waals surface area (Å²) in [5.41, 5.74) is 4.90.